The Morgan fingerprint density at radius 2 is 2.29 bits per heavy atom. The zero-order chi connectivity index (χ0) is 12.1. The number of rotatable bonds is 4. The summed E-state index contributed by atoms with van der Waals surface area (Å²) in [7, 11) is 0. The first-order chi connectivity index (χ1) is 8.31. The van der Waals surface area contributed by atoms with Gasteiger partial charge in [0.25, 0.3) is 0 Å². The standard InChI is InChI=1S/C13H14N2O2/c1-2-8-14-12(16)11-9-17-13(15-11)10-6-4-3-5-7-10/h2-7,11H,1,8-9H2,(H,14,16). The predicted molar refractivity (Wildman–Crippen MR) is 65.9 cm³/mol. The van der Waals surface area contributed by atoms with E-state index in [4.69, 9.17) is 4.74 Å². The number of nitrogens with zero attached hydrogens (tertiary/aromatic N) is 1. The van der Waals surface area contributed by atoms with Crippen molar-refractivity contribution in [2.75, 3.05) is 13.2 Å². The predicted octanol–water partition coefficient (Wildman–Crippen LogP) is 1.13. The van der Waals surface area contributed by atoms with Gasteiger partial charge in [0.1, 0.15) is 6.61 Å². The number of hydrogen-bond acceptors (Lipinski definition) is 3. The molecule has 88 valence electrons. The summed E-state index contributed by atoms with van der Waals surface area (Å²) in [5, 5.41) is 2.70. The van der Waals surface area contributed by atoms with E-state index in [2.05, 4.69) is 16.9 Å². The summed E-state index contributed by atoms with van der Waals surface area (Å²) in [4.78, 5) is 15.9. The van der Waals surface area contributed by atoms with Crippen LogP contribution in [-0.2, 0) is 9.53 Å². The third-order valence-corrected chi connectivity index (χ3v) is 2.40. The van der Waals surface area contributed by atoms with Gasteiger partial charge >= 0.3 is 0 Å². The van der Waals surface area contributed by atoms with Crippen LogP contribution in [0.4, 0.5) is 0 Å². The van der Waals surface area contributed by atoms with Crippen molar-refractivity contribution in [2.24, 2.45) is 4.99 Å². The molecule has 1 unspecified atom stereocenters. The summed E-state index contributed by atoms with van der Waals surface area (Å²) < 4.78 is 5.42. The van der Waals surface area contributed by atoms with Gasteiger partial charge in [-0.15, -0.1) is 6.58 Å². The van der Waals surface area contributed by atoms with E-state index in [0.29, 0.717) is 19.0 Å². The average Bonchev–Trinajstić information content (AvgIpc) is 2.86. The molecule has 0 bridgehead atoms. The van der Waals surface area contributed by atoms with E-state index >= 15 is 0 Å². The number of nitrogens with one attached hydrogen (secondary N) is 1. The van der Waals surface area contributed by atoms with Crippen LogP contribution in [0.15, 0.2) is 48.0 Å². The van der Waals surface area contributed by atoms with E-state index in [0.717, 1.165) is 5.56 Å². The smallest absolute Gasteiger partial charge is 0.248 e. The number of aliphatic imine (C=N–C) groups is 1. The van der Waals surface area contributed by atoms with Gasteiger partial charge < -0.3 is 10.1 Å². The van der Waals surface area contributed by atoms with E-state index in [-0.39, 0.29) is 5.91 Å². The molecule has 0 fully saturated rings. The van der Waals surface area contributed by atoms with Crippen LogP contribution < -0.4 is 5.32 Å². The molecular formula is C13H14N2O2. The maximum Gasteiger partial charge on any atom is 0.248 e. The maximum atomic E-state index is 11.6. The van der Waals surface area contributed by atoms with Gasteiger partial charge in [-0.3, -0.25) is 4.79 Å². The van der Waals surface area contributed by atoms with Crippen LogP contribution in [0.1, 0.15) is 5.56 Å². The fraction of sp³-hybridized carbons (Fsp3) is 0.231. The molecular weight excluding hydrogens is 216 g/mol. The van der Waals surface area contributed by atoms with E-state index in [1.165, 1.54) is 0 Å². The van der Waals surface area contributed by atoms with E-state index in [9.17, 15) is 4.79 Å². The molecule has 1 atom stereocenters. The molecule has 1 amide bonds. The molecule has 2 rings (SSSR count). The fourth-order valence-electron chi connectivity index (χ4n) is 1.54. The van der Waals surface area contributed by atoms with Gasteiger partial charge in [-0.1, -0.05) is 24.3 Å². The monoisotopic (exact) mass is 230 g/mol. The van der Waals surface area contributed by atoms with Crippen LogP contribution in [-0.4, -0.2) is 31.0 Å². The Hall–Kier alpha value is -2.10. The van der Waals surface area contributed by atoms with Crippen molar-refractivity contribution in [3.8, 4) is 0 Å². The van der Waals surface area contributed by atoms with Gasteiger partial charge in [-0.25, -0.2) is 4.99 Å². The molecule has 4 heteroatoms. The van der Waals surface area contributed by atoms with Crippen molar-refractivity contribution in [3.63, 3.8) is 0 Å². The first kappa shape index (κ1) is 11.4. The quantitative estimate of drug-likeness (QED) is 0.788. The first-order valence-corrected chi connectivity index (χ1v) is 5.46. The molecule has 1 heterocycles. The zero-order valence-corrected chi connectivity index (χ0v) is 9.43. The Kier molecular flexibility index (Phi) is 3.55. The highest BCUT2D eigenvalue weighted by Crippen LogP contribution is 2.11. The van der Waals surface area contributed by atoms with Gasteiger partial charge in [-0.2, -0.15) is 0 Å². The lowest BCUT2D eigenvalue weighted by Crippen LogP contribution is -2.34. The number of carbonyl (C=O) groups is 1. The number of carbonyl (C=O) groups excluding carboxylic acids is 1. The van der Waals surface area contributed by atoms with Crippen LogP contribution in [0.3, 0.4) is 0 Å². The maximum absolute atomic E-state index is 11.6. The summed E-state index contributed by atoms with van der Waals surface area (Å²) in [5.41, 5.74) is 0.895. The lowest BCUT2D eigenvalue weighted by molar-refractivity contribution is -0.122. The molecule has 0 saturated carbocycles. The number of amides is 1. The largest absolute Gasteiger partial charge is 0.475 e. The second-order valence-electron chi connectivity index (χ2n) is 3.66. The molecule has 0 aliphatic carbocycles. The van der Waals surface area contributed by atoms with Gasteiger partial charge in [0, 0.05) is 12.1 Å². The Bertz CT molecular complexity index is 440. The highest BCUT2D eigenvalue weighted by atomic mass is 16.5. The molecule has 1 aliphatic heterocycles. The van der Waals surface area contributed by atoms with Crippen molar-refractivity contribution < 1.29 is 9.53 Å². The third-order valence-electron chi connectivity index (χ3n) is 2.40. The van der Waals surface area contributed by atoms with Crippen molar-refractivity contribution in [1.29, 1.82) is 0 Å². The second-order valence-corrected chi connectivity index (χ2v) is 3.66. The molecule has 1 N–H and O–H groups in total. The normalized spacial score (nSPS) is 18.1. The third kappa shape index (κ3) is 2.72. The summed E-state index contributed by atoms with van der Waals surface area (Å²) >= 11 is 0. The minimum Gasteiger partial charge on any atom is -0.475 e. The van der Waals surface area contributed by atoms with Crippen LogP contribution >= 0.6 is 0 Å². The lowest BCUT2D eigenvalue weighted by atomic mass is 10.2. The Balaban J connectivity index is 2.04. The second kappa shape index (κ2) is 5.30. The van der Waals surface area contributed by atoms with Crippen LogP contribution in [0.2, 0.25) is 0 Å². The highest BCUT2D eigenvalue weighted by molar-refractivity contribution is 5.98. The van der Waals surface area contributed by atoms with Crippen molar-refractivity contribution in [2.45, 2.75) is 6.04 Å². The van der Waals surface area contributed by atoms with Gasteiger partial charge in [0.15, 0.2) is 6.04 Å². The average molecular weight is 230 g/mol. The molecule has 1 aliphatic rings. The minimum absolute atomic E-state index is 0.129. The van der Waals surface area contributed by atoms with E-state index in [1.807, 2.05) is 30.3 Å². The first-order valence-electron chi connectivity index (χ1n) is 5.46. The topological polar surface area (TPSA) is 50.7 Å². The summed E-state index contributed by atoms with van der Waals surface area (Å²) in [5.74, 6) is 0.403. The number of ether oxygens (including phenoxy) is 1. The van der Waals surface area contributed by atoms with Gasteiger partial charge in [-0.05, 0) is 12.1 Å². The number of hydrogen-bond donors (Lipinski definition) is 1. The molecule has 0 spiro atoms. The summed E-state index contributed by atoms with van der Waals surface area (Å²) in [6.45, 7) is 4.29. The Labute approximate surface area is 100 Å². The number of benzene rings is 1. The molecule has 1 aromatic rings. The lowest BCUT2D eigenvalue weighted by Gasteiger charge is -2.04. The molecule has 4 nitrogen and oxygen atoms in total. The van der Waals surface area contributed by atoms with E-state index in [1.54, 1.807) is 6.08 Å². The van der Waals surface area contributed by atoms with Crippen LogP contribution in [0.5, 0.6) is 0 Å². The Morgan fingerprint density at radius 1 is 1.53 bits per heavy atom. The molecule has 0 radical (unpaired) electrons. The van der Waals surface area contributed by atoms with E-state index < -0.39 is 6.04 Å². The highest BCUT2D eigenvalue weighted by Gasteiger charge is 2.25. The Morgan fingerprint density at radius 3 is 3.00 bits per heavy atom. The molecule has 0 saturated heterocycles. The summed E-state index contributed by atoms with van der Waals surface area (Å²) in [6.07, 6.45) is 1.63. The minimum atomic E-state index is -0.454. The van der Waals surface area contributed by atoms with Crippen LogP contribution in [0, 0.1) is 0 Å². The van der Waals surface area contributed by atoms with Crippen molar-refractivity contribution in [1.82, 2.24) is 5.32 Å². The van der Waals surface area contributed by atoms with Crippen LogP contribution in [0.25, 0.3) is 0 Å². The van der Waals surface area contributed by atoms with Gasteiger partial charge in [0.2, 0.25) is 11.8 Å². The fourth-order valence-corrected chi connectivity index (χ4v) is 1.54. The molecule has 17 heavy (non-hydrogen) atoms. The van der Waals surface area contributed by atoms with Crippen molar-refractivity contribution in [3.05, 3.63) is 48.6 Å². The summed E-state index contributed by atoms with van der Waals surface area (Å²) in [6, 6.07) is 9.10. The SMILES string of the molecule is C=CCNC(=O)C1COC(c2ccccc2)=N1. The van der Waals surface area contributed by atoms with Gasteiger partial charge in [0.05, 0.1) is 0 Å². The molecule has 0 aromatic heterocycles. The zero-order valence-electron chi connectivity index (χ0n) is 9.43. The molecule has 1 aromatic carbocycles. The van der Waals surface area contributed by atoms with Crippen molar-refractivity contribution >= 4 is 11.8 Å².